The van der Waals surface area contributed by atoms with Crippen LogP contribution in [0.15, 0.2) is 65.6 Å². The standard InChI is InChI=1S/C23H21ClN6O2/c1-12(28-21-15(19-20(25)32-19)11-27-23(26)29-21)17-10-13-6-5-9-16(24)18(13)22(31)30(17)14-7-3-2-4-8-14/h2-12,19-20H,25H2,1H3,(H3,26,27,28,29)/t12-,19?,20?/m0/s1. The first-order valence-corrected chi connectivity index (χ1v) is 10.5. The third-order valence-corrected chi connectivity index (χ3v) is 5.82. The lowest BCUT2D eigenvalue weighted by molar-refractivity contribution is 0.377. The lowest BCUT2D eigenvalue weighted by atomic mass is 10.1. The molecule has 162 valence electrons. The number of anilines is 2. The van der Waals surface area contributed by atoms with E-state index in [9.17, 15) is 4.79 Å². The van der Waals surface area contributed by atoms with Gasteiger partial charge in [-0.3, -0.25) is 9.36 Å². The average Bonchev–Trinajstić information content (AvgIpc) is 3.50. The fraction of sp³-hybridized carbons (Fsp3) is 0.174. The van der Waals surface area contributed by atoms with Crippen LogP contribution in [0.4, 0.5) is 11.8 Å². The molecule has 8 nitrogen and oxygen atoms in total. The first-order chi connectivity index (χ1) is 15.4. The Kier molecular flexibility index (Phi) is 5.05. The summed E-state index contributed by atoms with van der Waals surface area (Å²) in [7, 11) is 0. The van der Waals surface area contributed by atoms with Gasteiger partial charge in [-0.05, 0) is 36.6 Å². The van der Waals surface area contributed by atoms with E-state index in [4.69, 9.17) is 27.8 Å². The van der Waals surface area contributed by atoms with Gasteiger partial charge in [0.15, 0.2) is 0 Å². The molecule has 4 aromatic rings. The van der Waals surface area contributed by atoms with Gasteiger partial charge in [0.2, 0.25) is 5.95 Å². The molecule has 1 saturated heterocycles. The van der Waals surface area contributed by atoms with Gasteiger partial charge in [0.25, 0.3) is 5.56 Å². The zero-order valence-corrected chi connectivity index (χ0v) is 18.0. The number of rotatable bonds is 5. The van der Waals surface area contributed by atoms with Crippen molar-refractivity contribution in [2.24, 2.45) is 5.73 Å². The summed E-state index contributed by atoms with van der Waals surface area (Å²) in [6.07, 6.45) is 0.916. The fourth-order valence-corrected chi connectivity index (χ4v) is 4.15. The minimum Gasteiger partial charge on any atom is -0.368 e. The third-order valence-electron chi connectivity index (χ3n) is 5.50. The Morgan fingerprint density at radius 3 is 2.66 bits per heavy atom. The normalized spacial score (nSPS) is 18.5. The molecule has 1 aliphatic rings. The number of aromatic nitrogens is 3. The van der Waals surface area contributed by atoms with E-state index in [0.29, 0.717) is 16.2 Å². The number of nitrogens with zero attached hydrogens (tertiary/aromatic N) is 3. The van der Waals surface area contributed by atoms with E-state index in [1.807, 2.05) is 55.5 Å². The van der Waals surface area contributed by atoms with Crippen LogP contribution in [0.5, 0.6) is 0 Å². The molecule has 0 aliphatic carbocycles. The lowest BCUT2D eigenvalue weighted by Crippen LogP contribution is -2.26. The van der Waals surface area contributed by atoms with Gasteiger partial charge in [0, 0.05) is 23.1 Å². The summed E-state index contributed by atoms with van der Waals surface area (Å²) in [5, 5.41) is 5.01. The molecule has 32 heavy (non-hydrogen) atoms. The summed E-state index contributed by atoms with van der Waals surface area (Å²) in [5.41, 5.74) is 13.7. The molecule has 0 amide bonds. The summed E-state index contributed by atoms with van der Waals surface area (Å²) in [4.78, 5) is 22.0. The number of fused-ring (bicyclic) bond motifs is 1. The van der Waals surface area contributed by atoms with Crippen molar-refractivity contribution in [3.63, 3.8) is 0 Å². The Balaban J connectivity index is 1.66. The van der Waals surface area contributed by atoms with Gasteiger partial charge in [-0.25, -0.2) is 4.98 Å². The van der Waals surface area contributed by atoms with Crippen LogP contribution in [0.2, 0.25) is 5.02 Å². The van der Waals surface area contributed by atoms with Crippen molar-refractivity contribution >= 4 is 34.1 Å². The number of nitrogen functional groups attached to an aromatic ring is 1. The van der Waals surface area contributed by atoms with Crippen molar-refractivity contribution in [2.75, 3.05) is 11.1 Å². The maximum Gasteiger partial charge on any atom is 0.264 e. The van der Waals surface area contributed by atoms with Gasteiger partial charge in [-0.15, -0.1) is 0 Å². The van der Waals surface area contributed by atoms with Gasteiger partial charge in [0.1, 0.15) is 18.1 Å². The maximum absolute atomic E-state index is 13.6. The number of epoxide rings is 1. The summed E-state index contributed by atoms with van der Waals surface area (Å²) in [6, 6.07) is 16.5. The summed E-state index contributed by atoms with van der Waals surface area (Å²) in [5.74, 6) is 0.643. The molecule has 0 bridgehead atoms. The number of hydrogen-bond donors (Lipinski definition) is 3. The highest BCUT2D eigenvalue weighted by Gasteiger charge is 2.39. The van der Waals surface area contributed by atoms with Crippen molar-refractivity contribution in [3.8, 4) is 5.69 Å². The molecule has 0 saturated carbocycles. The number of hydrogen-bond acceptors (Lipinski definition) is 7. The highest BCUT2D eigenvalue weighted by molar-refractivity contribution is 6.35. The van der Waals surface area contributed by atoms with Crippen LogP contribution in [0.3, 0.4) is 0 Å². The quantitative estimate of drug-likeness (QED) is 0.399. The van der Waals surface area contributed by atoms with Gasteiger partial charge in [-0.2, -0.15) is 4.98 Å². The summed E-state index contributed by atoms with van der Waals surface area (Å²) < 4.78 is 7.06. The van der Waals surface area contributed by atoms with Crippen molar-refractivity contribution in [3.05, 3.63) is 87.4 Å². The molecule has 1 fully saturated rings. The molecule has 0 radical (unpaired) electrons. The largest absolute Gasteiger partial charge is 0.368 e. The third kappa shape index (κ3) is 3.58. The molecular formula is C23H21ClN6O2. The van der Waals surface area contributed by atoms with Crippen molar-refractivity contribution in [1.29, 1.82) is 0 Å². The molecule has 2 aromatic heterocycles. The molecule has 3 heterocycles. The number of para-hydroxylation sites is 1. The van der Waals surface area contributed by atoms with Gasteiger partial charge in [0.05, 0.1) is 16.5 Å². The number of pyridine rings is 1. The Morgan fingerprint density at radius 1 is 1.19 bits per heavy atom. The van der Waals surface area contributed by atoms with E-state index >= 15 is 0 Å². The second kappa shape index (κ2) is 7.90. The molecule has 9 heteroatoms. The summed E-state index contributed by atoms with van der Waals surface area (Å²) in [6.45, 7) is 1.94. The SMILES string of the molecule is C[C@H](Nc1nc(N)ncc1C1OC1N)c1cc2cccc(Cl)c2c(=O)n1-c1ccccc1. The molecule has 0 spiro atoms. The van der Waals surface area contributed by atoms with Gasteiger partial charge >= 0.3 is 0 Å². The van der Waals surface area contributed by atoms with E-state index in [-0.39, 0.29) is 23.7 Å². The van der Waals surface area contributed by atoms with E-state index in [0.717, 1.165) is 22.3 Å². The highest BCUT2D eigenvalue weighted by atomic mass is 35.5. The predicted octanol–water partition coefficient (Wildman–Crippen LogP) is 3.55. The molecule has 2 aromatic carbocycles. The van der Waals surface area contributed by atoms with Gasteiger partial charge in [-0.1, -0.05) is 41.9 Å². The Hall–Kier alpha value is -3.46. The Bertz CT molecular complexity index is 1370. The molecule has 5 N–H and O–H groups in total. The smallest absolute Gasteiger partial charge is 0.264 e. The van der Waals surface area contributed by atoms with E-state index in [1.54, 1.807) is 16.8 Å². The first kappa shape index (κ1) is 20.4. The van der Waals surface area contributed by atoms with Crippen LogP contribution >= 0.6 is 11.6 Å². The minimum atomic E-state index is -0.400. The zero-order valence-electron chi connectivity index (χ0n) is 17.2. The zero-order chi connectivity index (χ0) is 22.4. The van der Waals surface area contributed by atoms with Crippen molar-refractivity contribution in [2.45, 2.75) is 25.3 Å². The second-order valence-corrected chi connectivity index (χ2v) is 8.08. The van der Waals surface area contributed by atoms with E-state index < -0.39 is 6.23 Å². The molecular weight excluding hydrogens is 428 g/mol. The maximum atomic E-state index is 13.6. The number of ether oxygens (including phenoxy) is 1. The minimum absolute atomic E-state index is 0.128. The Morgan fingerprint density at radius 2 is 1.94 bits per heavy atom. The van der Waals surface area contributed by atoms with E-state index in [1.165, 1.54) is 0 Å². The monoisotopic (exact) mass is 448 g/mol. The summed E-state index contributed by atoms with van der Waals surface area (Å²) >= 11 is 6.39. The molecule has 5 rings (SSSR count). The molecule has 2 unspecified atom stereocenters. The van der Waals surface area contributed by atoms with E-state index in [2.05, 4.69) is 15.3 Å². The molecule has 3 atom stereocenters. The second-order valence-electron chi connectivity index (χ2n) is 7.67. The van der Waals surface area contributed by atoms with Gasteiger partial charge < -0.3 is 21.5 Å². The number of nitrogens with two attached hydrogens (primary N) is 2. The number of benzene rings is 2. The topological polar surface area (TPSA) is 124 Å². The van der Waals surface area contributed by atoms with Crippen LogP contribution in [-0.4, -0.2) is 20.8 Å². The first-order valence-electron chi connectivity index (χ1n) is 10.1. The lowest BCUT2D eigenvalue weighted by Gasteiger charge is -2.22. The van der Waals surface area contributed by atoms with Crippen LogP contribution in [0.1, 0.15) is 30.3 Å². The van der Waals surface area contributed by atoms with Crippen molar-refractivity contribution in [1.82, 2.24) is 14.5 Å². The van der Waals surface area contributed by atoms with Crippen LogP contribution in [0, 0.1) is 0 Å². The Labute approximate surface area is 188 Å². The average molecular weight is 449 g/mol. The number of halogens is 1. The van der Waals surface area contributed by atoms with Crippen molar-refractivity contribution < 1.29 is 4.74 Å². The number of nitrogens with one attached hydrogen (secondary N) is 1. The highest BCUT2D eigenvalue weighted by Crippen LogP contribution is 2.39. The van der Waals surface area contributed by atoms with Crippen LogP contribution in [0.25, 0.3) is 16.5 Å². The fourth-order valence-electron chi connectivity index (χ4n) is 3.88. The predicted molar refractivity (Wildman–Crippen MR) is 125 cm³/mol. The molecule has 1 aliphatic heterocycles. The van der Waals surface area contributed by atoms with Crippen LogP contribution < -0.4 is 22.3 Å². The van der Waals surface area contributed by atoms with Crippen LogP contribution in [-0.2, 0) is 4.74 Å².